The third kappa shape index (κ3) is 2.88. The molecule has 1 fully saturated rings. The lowest BCUT2D eigenvalue weighted by Crippen LogP contribution is -2.34. The van der Waals surface area contributed by atoms with Crippen LogP contribution >= 0.6 is 0 Å². The zero-order valence-corrected chi connectivity index (χ0v) is 13.0. The minimum Gasteiger partial charge on any atom is -0.322 e. The van der Waals surface area contributed by atoms with Gasteiger partial charge in [-0.3, -0.25) is 10.1 Å². The molecule has 0 spiro atoms. The van der Waals surface area contributed by atoms with Crippen LogP contribution in [0.4, 0.5) is 0 Å². The molecule has 20 heavy (non-hydrogen) atoms. The van der Waals surface area contributed by atoms with Crippen LogP contribution in [-0.4, -0.2) is 23.4 Å². The van der Waals surface area contributed by atoms with Gasteiger partial charge in [-0.25, -0.2) is 0 Å². The van der Waals surface area contributed by atoms with Gasteiger partial charge in [0.05, 0.1) is 6.04 Å². The third-order valence-corrected chi connectivity index (χ3v) is 4.03. The number of rotatable bonds is 5. The first kappa shape index (κ1) is 15.0. The van der Waals surface area contributed by atoms with Crippen molar-refractivity contribution in [2.75, 3.05) is 6.54 Å². The summed E-state index contributed by atoms with van der Waals surface area (Å²) in [6.07, 6.45) is 2.06. The fourth-order valence-electron chi connectivity index (χ4n) is 2.81. The lowest BCUT2D eigenvalue weighted by Gasteiger charge is -2.24. The largest absolute Gasteiger partial charge is 0.322 e. The Morgan fingerprint density at radius 1 is 1.20 bits per heavy atom. The van der Waals surface area contributed by atoms with Gasteiger partial charge in [0.2, 0.25) is 5.91 Å². The molecule has 3 heteroatoms. The quantitative estimate of drug-likeness (QED) is 0.894. The average Bonchev–Trinajstić information content (AvgIpc) is 2.77. The van der Waals surface area contributed by atoms with E-state index in [1.807, 2.05) is 4.90 Å². The van der Waals surface area contributed by atoms with E-state index >= 15 is 0 Å². The van der Waals surface area contributed by atoms with Crippen molar-refractivity contribution in [3.63, 3.8) is 0 Å². The van der Waals surface area contributed by atoms with E-state index in [-0.39, 0.29) is 18.1 Å². The molecule has 0 bridgehead atoms. The number of carbonyl (C=O) groups excluding carboxylic acids is 1. The van der Waals surface area contributed by atoms with Crippen molar-refractivity contribution in [3.05, 3.63) is 35.4 Å². The lowest BCUT2D eigenvalue weighted by atomic mass is 10.0. The molecule has 2 unspecified atom stereocenters. The van der Waals surface area contributed by atoms with Crippen LogP contribution in [0.2, 0.25) is 0 Å². The first-order valence-corrected chi connectivity index (χ1v) is 7.73. The highest BCUT2D eigenvalue weighted by Crippen LogP contribution is 2.28. The van der Waals surface area contributed by atoms with Gasteiger partial charge in [0.25, 0.3) is 0 Å². The molecule has 110 valence electrons. The van der Waals surface area contributed by atoms with Gasteiger partial charge in [0, 0.05) is 6.54 Å². The van der Waals surface area contributed by atoms with E-state index in [1.165, 1.54) is 11.1 Å². The molecule has 2 atom stereocenters. The average molecular weight is 274 g/mol. The second-order valence-electron chi connectivity index (χ2n) is 5.92. The standard InChI is InChI=1S/C17H26N2O/c1-5-11-19-16(18-15(12(3)4)17(19)20)14-9-7-13(6-2)8-10-14/h7-10,12,15-16,18H,5-6,11H2,1-4H3. The van der Waals surface area contributed by atoms with E-state index in [4.69, 9.17) is 0 Å². The van der Waals surface area contributed by atoms with Crippen molar-refractivity contribution in [1.29, 1.82) is 0 Å². The lowest BCUT2D eigenvalue weighted by molar-refractivity contribution is -0.130. The van der Waals surface area contributed by atoms with Crippen molar-refractivity contribution in [2.45, 2.75) is 52.7 Å². The number of nitrogens with one attached hydrogen (secondary N) is 1. The van der Waals surface area contributed by atoms with Crippen LogP contribution in [-0.2, 0) is 11.2 Å². The minimum atomic E-state index is -0.0580. The molecule has 0 aromatic heterocycles. The van der Waals surface area contributed by atoms with Crippen LogP contribution in [0.3, 0.4) is 0 Å². The predicted molar refractivity (Wildman–Crippen MR) is 82.3 cm³/mol. The summed E-state index contributed by atoms with van der Waals surface area (Å²) in [5.74, 6) is 0.563. The fraction of sp³-hybridized carbons (Fsp3) is 0.588. The van der Waals surface area contributed by atoms with E-state index in [0.29, 0.717) is 5.92 Å². The van der Waals surface area contributed by atoms with Crippen molar-refractivity contribution in [2.24, 2.45) is 5.92 Å². The molecule has 0 saturated carbocycles. The van der Waals surface area contributed by atoms with Gasteiger partial charge >= 0.3 is 0 Å². The van der Waals surface area contributed by atoms with Gasteiger partial charge in [-0.05, 0) is 29.9 Å². The van der Waals surface area contributed by atoms with E-state index in [0.717, 1.165) is 19.4 Å². The number of carbonyl (C=O) groups is 1. The van der Waals surface area contributed by atoms with E-state index in [2.05, 4.69) is 57.3 Å². The topological polar surface area (TPSA) is 32.3 Å². The van der Waals surface area contributed by atoms with Crippen LogP contribution in [0.1, 0.15) is 51.4 Å². The summed E-state index contributed by atoms with van der Waals surface area (Å²) in [6.45, 7) is 9.29. The summed E-state index contributed by atoms with van der Waals surface area (Å²) in [6, 6.07) is 8.56. The minimum absolute atomic E-state index is 0.0285. The van der Waals surface area contributed by atoms with E-state index < -0.39 is 0 Å². The Kier molecular flexibility index (Phi) is 4.81. The zero-order chi connectivity index (χ0) is 14.7. The van der Waals surface area contributed by atoms with Crippen LogP contribution < -0.4 is 5.32 Å². The molecular weight excluding hydrogens is 248 g/mol. The van der Waals surface area contributed by atoms with Crippen LogP contribution in [0, 0.1) is 5.92 Å². The maximum Gasteiger partial charge on any atom is 0.241 e. The Balaban J connectivity index is 2.25. The van der Waals surface area contributed by atoms with Crippen LogP contribution in [0.15, 0.2) is 24.3 Å². The highest BCUT2D eigenvalue weighted by Gasteiger charge is 2.40. The number of hydrogen-bond donors (Lipinski definition) is 1. The van der Waals surface area contributed by atoms with Crippen molar-refractivity contribution in [1.82, 2.24) is 10.2 Å². The van der Waals surface area contributed by atoms with Gasteiger partial charge in [-0.1, -0.05) is 52.0 Å². The summed E-state index contributed by atoms with van der Waals surface area (Å²) in [5.41, 5.74) is 2.52. The second kappa shape index (κ2) is 6.40. The smallest absolute Gasteiger partial charge is 0.241 e. The first-order valence-electron chi connectivity index (χ1n) is 7.73. The number of amides is 1. The normalized spacial score (nSPS) is 22.9. The highest BCUT2D eigenvalue weighted by molar-refractivity contribution is 5.84. The van der Waals surface area contributed by atoms with Crippen molar-refractivity contribution < 1.29 is 4.79 Å². The van der Waals surface area contributed by atoms with E-state index in [1.54, 1.807) is 0 Å². The Morgan fingerprint density at radius 3 is 2.35 bits per heavy atom. The summed E-state index contributed by atoms with van der Waals surface area (Å²) < 4.78 is 0. The van der Waals surface area contributed by atoms with Crippen molar-refractivity contribution >= 4 is 5.91 Å². The number of hydrogen-bond acceptors (Lipinski definition) is 2. The number of aryl methyl sites for hydroxylation is 1. The molecule has 0 aliphatic carbocycles. The molecule has 1 aromatic carbocycles. The summed E-state index contributed by atoms with van der Waals surface area (Å²) >= 11 is 0. The molecule has 2 rings (SSSR count). The Labute approximate surface area is 122 Å². The van der Waals surface area contributed by atoms with Gasteiger partial charge in [-0.2, -0.15) is 0 Å². The second-order valence-corrected chi connectivity index (χ2v) is 5.92. The molecule has 1 amide bonds. The Hall–Kier alpha value is -1.35. The zero-order valence-electron chi connectivity index (χ0n) is 13.0. The number of nitrogens with zero attached hydrogens (tertiary/aromatic N) is 1. The monoisotopic (exact) mass is 274 g/mol. The van der Waals surface area contributed by atoms with Gasteiger partial charge < -0.3 is 4.90 Å². The molecule has 1 aromatic rings. The number of benzene rings is 1. The molecular formula is C17H26N2O. The van der Waals surface area contributed by atoms with Gasteiger partial charge in [0.1, 0.15) is 6.17 Å². The molecule has 0 radical (unpaired) electrons. The third-order valence-electron chi connectivity index (χ3n) is 4.03. The molecule has 3 nitrogen and oxygen atoms in total. The fourth-order valence-corrected chi connectivity index (χ4v) is 2.81. The molecule has 1 saturated heterocycles. The van der Waals surface area contributed by atoms with Gasteiger partial charge in [-0.15, -0.1) is 0 Å². The maximum atomic E-state index is 12.5. The molecule has 1 N–H and O–H groups in total. The summed E-state index contributed by atoms with van der Waals surface area (Å²) in [7, 11) is 0. The molecule has 1 aliphatic heterocycles. The predicted octanol–water partition coefficient (Wildman–Crippen LogP) is 3.11. The maximum absolute atomic E-state index is 12.5. The van der Waals surface area contributed by atoms with E-state index in [9.17, 15) is 4.79 Å². The van der Waals surface area contributed by atoms with Gasteiger partial charge in [0.15, 0.2) is 0 Å². The molecule has 1 heterocycles. The first-order chi connectivity index (χ1) is 9.58. The molecule has 1 aliphatic rings. The van der Waals surface area contributed by atoms with Crippen molar-refractivity contribution in [3.8, 4) is 0 Å². The Morgan fingerprint density at radius 2 is 1.85 bits per heavy atom. The van der Waals surface area contributed by atoms with Crippen LogP contribution in [0.25, 0.3) is 0 Å². The highest BCUT2D eigenvalue weighted by atomic mass is 16.2. The summed E-state index contributed by atoms with van der Waals surface area (Å²) in [4.78, 5) is 14.5. The SMILES string of the molecule is CCCN1C(=O)C(C(C)C)NC1c1ccc(CC)cc1. The Bertz CT molecular complexity index is 453. The summed E-state index contributed by atoms with van der Waals surface area (Å²) in [5, 5.41) is 3.51. The van der Waals surface area contributed by atoms with Crippen LogP contribution in [0.5, 0.6) is 0 Å².